The molecule has 1 rings (SSSR count). The van der Waals surface area contributed by atoms with Crippen LogP contribution in [0.1, 0.15) is 22.5 Å². The SMILES string of the molecule is Cc1cc(C#C[Si](C)(C)C)c(C#N)nc1C. The molecule has 0 spiro atoms. The van der Waals surface area contributed by atoms with E-state index >= 15 is 0 Å². The van der Waals surface area contributed by atoms with E-state index in [1.807, 2.05) is 19.9 Å². The molecule has 0 saturated heterocycles. The van der Waals surface area contributed by atoms with Crippen LogP contribution in [0.3, 0.4) is 0 Å². The quantitative estimate of drug-likeness (QED) is 0.506. The summed E-state index contributed by atoms with van der Waals surface area (Å²) in [5, 5.41) is 8.99. The Morgan fingerprint density at radius 3 is 2.38 bits per heavy atom. The molecule has 1 aromatic heterocycles. The molecule has 0 aromatic carbocycles. The molecule has 0 unspecified atom stereocenters. The number of hydrogen-bond acceptors (Lipinski definition) is 2. The van der Waals surface area contributed by atoms with E-state index < -0.39 is 8.07 Å². The van der Waals surface area contributed by atoms with Gasteiger partial charge < -0.3 is 0 Å². The van der Waals surface area contributed by atoms with E-state index in [1.54, 1.807) is 0 Å². The predicted molar refractivity (Wildman–Crippen MR) is 68.7 cm³/mol. The van der Waals surface area contributed by atoms with Gasteiger partial charge in [-0.05, 0) is 25.5 Å². The summed E-state index contributed by atoms with van der Waals surface area (Å²) >= 11 is 0. The van der Waals surface area contributed by atoms with Crippen molar-refractivity contribution in [2.45, 2.75) is 33.5 Å². The van der Waals surface area contributed by atoms with E-state index in [2.05, 4.69) is 42.2 Å². The van der Waals surface area contributed by atoms with Gasteiger partial charge in [0.1, 0.15) is 14.1 Å². The third kappa shape index (κ3) is 3.22. The molecule has 0 aliphatic carbocycles. The standard InChI is InChI=1S/C13H16N2Si/c1-10-8-12(6-7-16(3,4)5)13(9-14)15-11(10)2/h8H,1-5H3. The number of aromatic nitrogens is 1. The van der Waals surface area contributed by atoms with Gasteiger partial charge in [-0.2, -0.15) is 5.26 Å². The Morgan fingerprint density at radius 2 is 1.88 bits per heavy atom. The lowest BCUT2D eigenvalue weighted by molar-refractivity contribution is 1.12. The molecule has 0 radical (unpaired) electrons. The average molecular weight is 228 g/mol. The smallest absolute Gasteiger partial charge is 0.156 e. The van der Waals surface area contributed by atoms with E-state index in [0.717, 1.165) is 16.8 Å². The van der Waals surface area contributed by atoms with E-state index in [0.29, 0.717) is 5.69 Å². The summed E-state index contributed by atoms with van der Waals surface area (Å²) in [7, 11) is -1.40. The zero-order valence-corrected chi connectivity index (χ0v) is 11.5. The summed E-state index contributed by atoms with van der Waals surface area (Å²) in [5.74, 6) is 3.10. The highest BCUT2D eigenvalue weighted by molar-refractivity contribution is 6.83. The first-order chi connectivity index (χ1) is 7.33. The fraction of sp³-hybridized carbons (Fsp3) is 0.385. The summed E-state index contributed by atoms with van der Waals surface area (Å²) in [6.45, 7) is 10.4. The molecular formula is C13H16N2Si. The van der Waals surface area contributed by atoms with Crippen LogP contribution in [-0.4, -0.2) is 13.1 Å². The maximum absolute atomic E-state index is 8.99. The summed E-state index contributed by atoms with van der Waals surface area (Å²) in [6, 6.07) is 4.05. The summed E-state index contributed by atoms with van der Waals surface area (Å²) in [6.07, 6.45) is 0. The van der Waals surface area contributed by atoms with Crippen LogP contribution in [0, 0.1) is 36.6 Å². The van der Waals surface area contributed by atoms with Gasteiger partial charge >= 0.3 is 0 Å². The van der Waals surface area contributed by atoms with Crippen molar-refractivity contribution in [3.8, 4) is 17.5 Å². The highest BCUT2D eigenvalue weighted by Gasteiger charge is 2.09. The van der Waals surface area contributed by atoms with Gasteiger partial charge in [-0.1, -0.05) is 25.6 Å². The van der Waals surface area contributed by atoms with Crippen LogP contribution in [0.25, 0.3) is 0 Å². The molecule has 3 heteroatoms. The molecule has 1 heterocycles. The number of aryl methyl sites for hydroxylation is 2. The van der Waals surface area contributed by atoms with Crippen molar-refractivity contribution in [3.05, 3.63) is 28.6 Å². The van der Waals surface area contributed by atoms with E-state index in [4.69, 9.17) is 5.26 Å². The topological polar surface area (TPSA) is 36.7 Å². The van der Waals surface area contributed by atoms with E-state index in [9.17, 15) is 0 Å². The van der Waals surface area contributed by atoms with Crippen LogP contribution in [0.15, 0.2) is 6.07 Å². The van der Waals surface area contributed by atoms with Gasteiger partial charge in [0.15, 0.2) is 5.69 Å². The van der Waals surface area contributed by atoms with Crippen LogP contribution in [-0.2, 0) is 0 Å². The van der Waals surface area contributed by atoms with Gasteiger partial charge in [0.05, 0.1) is 5.56 Å². The van der Waals surface area contributed by atoms with Crippen molar-refractivity contribution in [3.63, 3.8) is 0 Å². The molecule has 0 aliphatic rings. The lowest BCUT2D eigenvalue weighted by atomic mass is 10.1. The fourth-order valence-electron chi connectivity index (χ4n) is 1.14. The maximum Gasteiger partial charge on any atom is 0.156 e. The van der Waals surface area contributed by atoms with Crippen molar-refractivity contribution >= 4 is 8.07 Å². The normalized spacial score (nSPS) is 10.2. The van der Waals surface area contributed by atoms with Crippen molar-refractivity contribution < 1.29 is 0 Å². The molecule has 82 valence electrons. The van der Waals surface area contributed by atoms with Crippen LogP contribution in [0.2, 0.25) is 19.6 Å². The van der Waals surface area contributed by atoms with Gasteiger partial charge in [0.2, 0.25) is 0 Å². The molecule has 1 aromatic rings. The van der Waals surface area contributed by atoms with Crippen molar-refractivity contribution in [2.24, 2.45) is 0 Å². The Bertz CT molecular complexity index is 508. The highest BCUT2D eigenvalue weighted by Crippen LogP contribution is 2.11. The molecule has 16 heavy (non-hydrogen) atoms. The lowest BCUT2D eigenvalue weighted by Gasteiger charge is -2.05. The average Bonchev–Trinajstić information content (AvgIpc) is 2.18. The molecular weight excluding hydrogens is 212 g/mol. The fourth-order valence-corrected chi connectivity index (χ4v) is 1.65. The Hall–Kier alpha value is -1.58. The Kier molecular flexibility index (Phi) is 3.52. The van der Waals surface area contributed by atoms with Gasteiger partial charge in [-0.3, -0.25) is 0 Å². The molecule has 0 bridgehead atoms. The second kappa shape index (κ2) is 4.51. The monoisotopic (exact) mass is 228 g/mol. The first kappa shape index (κ1) is 12.5. The third-order valence-corrected chi connectivity index (χ3v) is 3.02. The number of hydrogen-bond donors (Lipinski definition) is 0. The van der Waals surface area contributed by atoms with Crippen molar-refractivity contribution in [1.29, 1.82) is 5.26 Å². The zero-order valence-electron chi connectivity index (χ0n) is 10.5. The predicted octanol–water partition coefficient (Wildman–Crippen LogP) is 2.80. The second-order valence-electron chi connectivity index (χ2n) is 4.90. The second-order valence-corrected chi connectivity index (χ2v) is 9.65. The van der Waals surface area contributed by atoms with Gasteiger partial charge in [-0.25, -0.2) is 4.98 Å². The first-order valence-electron chi connectivity index (χ1n) is 5.25. The minimum absolute atomic E-state index is 0.439. The summed E-state index contributed by atoms with van der Waals surface area (Å²) < 4.78 is 0. The largest absolute Gasteiger partial charge is 0.241 e. The van der Waals surface area contributed by atoms with Crippen molar-refractivity contribution in [1.82, 2.24) is 4.98 Å². The minimum Gasteiger partial charge on any atom is -0.241 e. The third-order valence-electron chi connectivity index (χ3n) is 2.14. The number of pyridine rings is 1. The molecule has 0 N–H and O–H groups in total. The van der Waals surface area contributed by atoms with E-state index in [-0.39, 0.29) is 0 Å². The van der Waals surface area contributed by atoms with Gasteiger partial charge in [0.25, 0.3) is 0 Å². The maximum atomic E-state index is 8.99. The summed E-state index contributed by atoms with van der Waals surface area (Å²) in [4.78, 5) is 4.24. The molecule has 0 saturated carbocycles. The lowest BCUT2D eigenvalue weighted by Crippen LogP contribution is -2.16. The molecule has 0 atom stereocenters. The number of rotatable bonds is 0. The van der Waals surface area contributed by atoms with Gasteiger partial charge in [0, 0.05) is 5.69 Å². The molecule has 0 amide bonds. The number of nitrogens with zero attached hydrogens (tertiary/aromatic N) is 2. The Morgan fingerprint density at radius 1 is 1.25 bits per heavy atom. The van der Waals surface area contributed by atoms with Crippen LogP contribution < -0.4 is 0 Å². The van der Waals surface area contributed by atoms with Gasteiger partial charge in [-0.15, -0.1) is 5.54 Å². The van der Waals surface area contributed by atoms with Crippen molar-refractivity contribution in [2.75, 3.05) is 0 Å². The summed E-state index contributed by atoms with van der Waals surface area (Å²) in [5.41, 5.74) is 6.43. The zero-order chi connectivity index (χ0) is 12.3. The highest BCUT2D eigenvalue weighted by atomic mass is 28.3. The molecule has 0 aliphatic heterocycles. The van der Waals surface area contributed by atoms with Crippen LogP contribution in [0.5, 0.6) is 0 Å². The molecule has 2 nitrogen and oxygen atoms in total. The first-order valence-corrected chi connectivity index (χ1v) is 8.75. The minimum atomic E-state index is -1.40. The van der Waals surface area contributed by atoms with E-state index in [1.165, 1.54) is 0 Å². The number of nitriles is 1. The van der Waals surface area contributed by atoms with Crippen LogP contribution >= 0.6 is 0 Å². The Balaban J connectivity index is 3.28. The van der Waals surface area contributed by atoms with Crippen LogP contribution in [0.4, 0.5) is 0 Å². The Labute approximate surface area is 98.3 Å². The molecule has 0 fully saturated rings.